The van der Waals surface area contributed by atoms with E-state index in [9.17, 15) is 9.59 Å². The summed E-state index contributed by atoms with van der Waals surface area (Å²) in [4.78, 5) is 31.4. The average Bonchev–Trinajstić information content (AvgIpc) is 3.14. The van der Waals surface area contributed by atoms with Gasteiger partial charge in [0.1, 0.15) is 4.83 Å². The molecule has 0 aliphatic carbocycles. The Kier molecular flexibility index (Phi) is 5.15. The van der Waals surface area contributed by atoms with Gasteiger partial charge in [0.05, 0.1) is 5.39 Å². The van der Waals surface area contributed by atoms with E-state index < -0.39 is 0 Å². The van der Waals surface area contributed by atoms with E-state index in [0.29, 0.717) is 23.3 Å². The van der Waals surface area contributed by atoms with Crippen LogP contribution in [-0.4, -0.2) is 34.1 Å². The summed E-state index contributed by atoms with van der Waals surface area (Å²) in [6.45, 7) is 7.01. The van der Waals surface area contributed by atoms with Crippen LogP contribution < -0.4 is 11.2 Å². The Morgan fingerprint density at radius 2 is 1.79 bits per heavy atom. The van der Waals surface area contributed by atoms with Crippen LogP contribution >= 0.6 is 11.3 Å². The predicted molar refractivity (Wildman–Crippen MR) is 117 cm³/mol. The van der Waals surface area contributed by atoms with Gasteiger partial charge < -0.3 is 4.90 Å². The summed E-state index contributed by atoms with van der Waals surface area (Å²) in [5.41, 5.74) is 1.32. The van der Waals surface area contributed by atoms with Crippen molar-refractivity contribution in [2.75, 3.05) is 19.6 Å². The van der Waals surface area contributed by atoms with Gasteiger partial charge in [-0.05, 0) is 35.5 Å². The number of thiophene rings is 1. The van der Waals surface area contributed by atoms with Crippen LogP contribution in [0.5, 0.6) is 0 Å². The van der Waals surface area contributed by atoms with Crippen LogP contribution in [0, 0.1) is 0 Å². The first-order valence-electron chi connectivity index (χ1n) is 9.58. The number of rotatable bonds is 6. The molecule has 0 spiro atoms. The normalized spacial score (nSPS) is 11.7. The lowest BCUT2D eigenvalue weighted by atomic mass is 10.0. The number of aromatic amines is 1. The van der Waals surface area contributed by atoms with E-state index in [-0.39, 0.29) is 11.2 Å². The van der Waals surface area contributed by atoms with Crippen LogP contribution in [0.3, 0.4) is 0 Å². The summed E-state index contributed by atoms with van der Waals surface area (Å²) >= 11 is 1.41. The maximum atomic E-state index is 13.2. The van der Waals surface area contributed by atoms with Crippen molar-refractivity contribution >= 4 is 32.3 Å². The molecule has 144 valence electrons. The number of aromatic nitrogens is 2. The highest BCUT2D eigenvalue weighted by Gasteiger charge is 2.15. The second-order valence-corrected chi connectivity index (χ2v) is 7.71. The van der Waals surface area contributed by atoms with Crippen molar-refractivity contribution in [2.45, 2.75) is 20.4 Å². The second kappa shape index (κ2) is 7.73. The van der Waals surface area contributed by atoms with Gasteiger partial charge in [0.2, 0.25) is 0 Å². The zero-order valence-electron chi connectivity index (χ0n) is 16.1. The highest BCUT2D eigenvalue weighted by molar-refractivity contribution is 7.17. The Labute approximate surface area is 166 Å². The van der Waals surface area contributed by atoms with Gasteiger partial charge in [0.25, 0.3) is 5.56 Å². The molecule has 0 fully saturated rings. The first-order valence-corrected chi connectivity index (χ1v) is 10.5. The molecule has 5 nitrogen and oxygen atoms in total. The van der Waals surface area contributed by atoms with Gasteiger partial charge in [-0.3, -0.25) is 14.3 Å². The van der Waals surface area contributed by atoms with Gasteiger partial charge in [-0.25, -0.2) is 4.79 Å². The summed E-state index contributed by atoms with van der Waals surface area (Å²) in [5.74, 6) is 0. The van der Waals surface area contributed by atoms with E-state index in [2.05, 4.69) is 48.0 Å². The fourth-order valence-corrected chi connectivity index (χ4v) is 4.56. The largest absolute Gasteiger partial charge is 0.329 e. The number of nitrogens with one attached hydrogen (secondary N) is 1. The summed E-state index contributed by atoms with van der Waals surface area (Å²) in [7, 11) is 0. The zero-order valence-corrected chi connectivity index (χ0v) is 16.9. The van der Waals surface area contributed by atoms with Crippen molar-refractivity contribution < 1.29 is 0 Å². The van der Waals surface area contributed by atoms with Gasteiger partial charge in [-0.15, -0.1) is 11.3 Å². The average molecular weight is 394 g/mol. The minimum absolute atomic E-state index is 0.213. The third kappa shape index (κ3) is 3.30. The fraction of sp³-hybridized carbons (Fsp3) is 0.273. The van der Waals surface area contributed by atoms with Crippen LogP contribution in [0.15, 0.2) is 57.4 Å². The summed E-state index contributed by atoms with van der Waals surface area (Å²) in [6.07, 6.45) is 0. The summed E-state index contributed by atoms with van der Waals surface area (Å²) < 4.78 is 1.33. The van der Waals surface area contributed by atoms with Gasteiger partial charge in [0.15, 0.2) is 0 Å². The zero-order chi connectivity index (χ0) is 19.7. The molecule has 0 atom stereocenters. The molecule has 2 aromatic heterocycles. The van der Waals surface area contributed by atoms with Crippen molar-refractivity contribution in [3.8, 4) is 11.1 Å². The quantitative estimate of drug-likeness (QED) is 0.540. The number of hydrogen-bond acceptors (Lipinski definition) is 4. The fourth-order valence-electron chi connectivity index (χ4n) is 3.61. The molecule has 0 saturated carbocycles. The van der Waals surface area contributed by atoms with Crippen LogP contribution in [0.4, 0.5) is 0 Å². The van der Waals surface area contributed by atoms with E-state index in [0.717, 1.165) is 35.0 Å². The molecule has 0 unspecified atom stereocenters. The van der Waals surface area contributed by atoms with Gasteiger partial charge >= 0.3 is 5.69 Å². The topological polar surface area (TPSA) is 58.1 Å². The molecule has 2 aromatic carbocycles. The molecule has 4 aromatic rings. The number of benzene rings is 2. The van der Waals surface area contributed by atoms with Crippen LogP contribution in [0.1, 0.15) is 13.8 Å². The van der Waals surface area contributed by atoms with Crippen LogP contribution in [0.25, 0.3) is 32.1 Å². The Hall–Kier alpha value is -2.70. The van der Waals surface area contributed by atoms with Crippen molar-refractivity contribution in [3.05, 3.63) is 68.7 Å². The molecule has 28 heavy (non-hydrogen) atoms. The minimum Gasteiger partial charge on any atom is -0.302 e. The summed E-state index contributed by atoms with van der Waals surface area (Å²) in [6, 6.07) is 14.4. The molecule has 6 heteroatoms. The lowest BCUT2D eigenvalue weighted by Gasteiger charge is -2.18. The monoisotopic (exact) mass is 393 g/mol. The SMILES string of the molecule is CCN(CC)CCn1c(=O)[nH]c2scc(-c3ccc4ccccc4c3)c2c1=O. The number of likely N-dealkylation sites (N-methyl/N-ethyl adjacent to an activating group) is 1. The molecule has 0 bridgehead atoms. The summed E-state index contributed by atoms with van der Waals surface area (Å²) in [5, 5.41) is 4.85. The smallest absolute Gasteiger partial charge is 0.302 e. The minimum atomic E-state index is -0.337. The van der Waals surface area contributed by atoms with Gasteiger partial charge in [-0.1, -0.05) is 50.2 Å². The maximum absolute atomic E-state index is 13.2. The third-order valence-electron chi connectivity index (χ3n) is 5.31. The molecular weight excluding hydrogens is 370 g/mol. The van der Waals surface area contributed by atoms with Gasteiger partial charge in [0, 0.05) is 24.0 Å². The van der Waals surface area contributed by atoms with E-state index in [1.54, 1.807) is 0 Å². The van der Waals surface area contributed by atoms with Crippen LogP contribution in [0.2, 0.25) is 0 Å². The maximum Gasteiger partial charge on any atom is 0.329 e. The molecule has 0 radical (unpaired) electrons. The standard InChI is InChI=1S/C22H23N3O2S/c1-3-24(4-2)11-12-25-21(26)19-18(14-28-20(19)23-22(25)27)17-10-9-15-7-5-6-8-16(15)13-17/h5-10,13-14H,3-4,11-12H2,1-2H3,(H,23,27). The van der Waals surface area contributed by atoms with Crippen molar-refractivity contribution in [3.63, 3.8) is 0 Å². The van der Waals surface area contributed by atoms with Gasteiger partial charge in [-0.2, -0.15) is 0 Å². The first-order chi connectivity index (χ1) is 13.6. The Morgan fingerprint density at radius 3 is 2.54 bits per heavy atom. The molecular formula is C22H23N3O2S. The number of fused-ring (bicyclic) bond motifs is 2. The number of H-pyrrole nitrogens is 1. The Balaban J connectivity index is 1.82. The molecule has 0 saturated heterocycles. The van der Waals surface area contributed by atoms with E-state index in [4.69, 9.17) is 0 Å². The van der Waals surface area contributed by atoms with E-state index >= 15 is 0 Å². The highest BCUT2D eigenvalue weighted by atomic mass is 32.1. The lowest BCUT2D eigenvalue weighted by molar-refractivity contribution is 0.287. The number of hydrogen-bond donors (Lipinski definition) is 1. The third-order valence-corrected chi connectivity index (χ3v) is 6.21. The van der Waals surface area contributed by atoms with Crippen LogP contribution in [-0.2, 0) is 6.54 Å². The highest BCUT2D eigenvalue weighted by Crippen LogP contribution is 2.32. The molecule has 1 N–H and O–H groups in total. The first kappa shape index (κ1) is 18.7. The van der Waals surface area contributed by atoms with E-state index in [1.165, 1.54) is 15.9 Å². The van der Waals surface area contributed by atoms with Crippen molar-refractivity contribution in [1.29, 1.82) is 0 Å². The Morgan fingerprint density at radius 1 is 1.04 bits per heavy atom. The number of nitrogens with zero attached hydrogens (tertiary/aromatic N) is 2. The molecule has 4 rings (SSSR count). The second-order valence-electron chi connectivity index (χ2n) is 6.83. The Bertz CT molecular complexity index is 1250. The molecule has 0 aliphatic rings. The molecule has 0 aliphatic heterocycles. The predicted octanol–water partition coefficient (Wildman–Crippen LogP) is 3.91. The molecule has 0 amide bonds. The lowest BCUT2D eigenvalue weighted by Crippen LogP contribution is -2.39. The van der Waals surface area contributed by atoms with E-state index in [1.807, 2.05) is 23.6 Å². The van der Waals surface area contributed by atoms with Crippen molar-refractivity contribution in [2.24, 2.45) is 0 Å². The molecule has 2 heterocycles. The van der Waals surface area contributed by atoms with Crippen molar-refractivity contribution in [1.82, 2.24) is 14.5 Å².